The number of carboxylic acid groups (broad SMARTS) is 1. The van der Waals surface area contributed by atoms with Gasteiger partial charge in [0.05, 0.1) is 16.8 Å². The summed E-state index contributed by atoms with van der Waals surface area (Å²) in [6.45, 7) is 3.73. The molecule has 0 saturated carbocycles. The number of hydrogen-bond acceptors (Lipinski definition) is 2. The van der Waals surface area contributed by atoms with Crippen LogP contribution in [-0.4, -0.2) is 16.1 Å². The second-order valence-electron chi connectivity index (χ2n) is 5.29. The molecule has 0 aliphatic rings. The number of rotatable bonds is 2. The smallest absolute Gasteiger partial charge is 0.336 e. The second kappa shape index (κ2) is 5.43. The van der Waals surface area contributed by atoms with Crippen molar-refractivity contribution in [3.63, 3.8) is 0 Å². The van der Waals surface area contributed by atoms with Gasteiger partial charge >= 0.3 is 5.97 Å². The molecule has 0 unspecified atom stereocenters. The first-order chi connectivity index (χ1) is 10.5. The zero-order valence-electron chi connectivity index (χ0n) is 12.2. The molecule has 3 nitrogen and oxygen atoms in total. The van der Waals surface area contributed by atoms with Gasteiger partial charge in [0.1, 0.15) is 0 Å². The first-order valence-electron chi connectivity index (χ1n) is 6.87. The minimum absolute atomic E-state index is 0.304. The van der Waals surface area contributed by atoms with Crippen molar-refractivity contribution in [1.82, 2.24) is 4.98 Å². The monoisotopic (exact) mass is 311 g/mol. The van der Waals surface area contributed by atoms with Gasteiger partial charge in [-0.05, 0) is 43.7 Å². The van der Waals surface area contributed by atoms with Gasteiger partial charge in [0, 0.05) is 16.0 Å². The van der Waals surface area contributed by atoms with Gasteiger partial charge in [0.2, 0.25) is 0 Å². The van der Waals surface area contributed by atoms with E-state index in [1.165, 1.54) is 0 Å². The maximum Gasteiger partial charge on any atom is 0.336 e. The van der Waals surface area contributed by atoms with E-state index in [1.807, 2.05) is 37.3 Å². The quantitative estimate of drug-likeness (QED) is 0.734. The topological polar surface area (TPSA) is 50.2 Å². The highest BCUT2D eigenvalue weighted by Gasteiger charge is 2.18. The van der Waals surface area contributed by atoms with Crippen LogP contribution >= 0.6 is 11.6 Å². The number of carbonyl (C=O) groups is 1. The molecule has 0 aliphatic heterocycles. The Balaban J connectivity index is 2.37. The fraction of sp³-hybridized carbons (Fsp3) is 0.111. The van der Waals surface area contributed by atoms with E-state index in [4.69, 9.17) is 11.6 Å². The average Bonchev–Trinajstić information content (AvgIpc) is 2.47. The Bertz CT molecular complexity index is 886. The zero-order chi connectivity index (χ0) is 15.9. The van der Waals surface area contributed by atoms with Crippen LogP contribution in [0.15, 0.2) is 42.5 Å². The van der Waals surface area contributed by atoms with Gasteiger partial charge < -0.3 is 5.11 Å². The molecule has 0 spiro atoms. The summed E-state index contributed by atoms with van der Waals surface area (Å²) in [5.74, 6) is -0.939. The standard InChI is InChI=1S/C18H14ClNO2/c1-10-3-8-15-14(9-10)16(18(21)22)11(2)17(20-15)12-4-6-13(19)7-5-12/h3-9H,1-2H3,(H,21,22). The minimum atomic E-state index is -0.939. The molecule has 0 fully saturated rings. The molecule has 1 aromatic heterocycles. The number of halogens is 1. The summed E-state index contributed by atoms with van der Waals surface area (Å²) in [6.07, 6.45) is 0. The lowest BCUT2D eigenvalue weighted by Crippen LogP contribution is -2.05. The Morgan fingerprint density at radius 1 is 1.09 bits per heavy atom. The molecular weight excluding hydrogens is 298 g/mol. The first-order valence-corrected chi connectivity index (χ1v) is 7.25. The van der Waals surface area contributed by atoms with Crippen molar-refractivity contribution in [2.45, 2.75) is 13.8 Å². The van der Waals surface area contributed by atoms with Gasteiger partial charge in [-0.1, -0.05) is 35.4 Å². The third-order valence-corrected chi connectivity index (χ3v) is 3.97. The van der Waals surface area contributed by atoms with E-state index >= 15 is 0 Å². The molecule has 22 heavy (non-hydrogen) atoms. The number of nitrogens with zero attached hydrogens (tertiary/aromatic N) is 1. The molecule has 4 heteroatoms. The predicted octanol–water partition coefficient (Wildman–Crippen LogP) is 4.87. The van der Waals surface area contributed by atoms with Crippen LogP contribution in [0.25, 0.3) is 22.2 Å². The van der Waals surface area contributed by atoms with Gasteiger partial charge in [-0.25, -0.2) is 9.78 Å². The highest BCUT2D eigenvalue weighted by atomic mass is 35.5. The number of aromatic carboxylic acids is 1. The molecule has 0 amide bonds. The third kappa shape index (κ3) is 2.44. The summed E-state index contributed by atoms with van der Waals surface area (Å²) in [5, 5.41) is 10.9. The molecule has 3 rings (SSSR count). The van der Waals surface area contributed by atoms with Crippen molar-refractivity contribution in [2.24, 2.45) is 0 Å². The van der Waals surface area contributed by atoms with Gasteiger partial charge in [-0.3, -0.25) is 0 Å². The number of benzene rings is 2. The molecule has 0 atom stereocenters. The lowest BCUT2D eigenvalue weighted by atomic mass is 9.97. The molecule has 2 aromatic carbocycles. The Morgan fingerprint density at radius 2 is 1.77 bits per heavy atom. The molecule has 0 radical (unpaired) electrons. The number of fused-ring (bicyclic) bond motifs is 1. The van der Waals surface area contributed by atoms with E-state index in [0.717, 1.165) is 11.1 Å². The number of aryl methyl sites for hydroxylation is 1. The maximum absolute atomic E-state index is 11.7. The number of carboxylic acids is 1. The van der Waals surface area contributed by atoms with Crippen molar-refractivity contribution >= 4 is 28.5 Å². The van der Waals surface area contributed by atoms with Crippen LogP contribution < -0.4 is 0 Å². The normalized spacial score (nSPS) is 10.9. The molecule has 1 N–H and O–H groups in total. The van der Waals surface area contributed by atoms with Crippen LogP contribution in [0.3, 0.4) is 0 Å². The number of aromatic nitrogens is 1. The Labute approximate surface area is 133 Å². The van der Waals surface area contributed by atoms with Crippen LogP contribution in [0, 0.1) is 13.8 Å². The number of pyridine rings is 1. The van der Waals surface area contributed by atoms with E-state index in [-0.39, 0.29) is 0 Å². The van der Waals surface area contributed by atoms with Crippen molar-refractivity contribution in [3.05, 3.63) is 64.2 Å². The fourth-order valence-electron chi connectivity index (χ4n) is 2.64. The van der Waals surface area contributed by atoms with Crippen LogP contribution in [0.4, 0.5) is 0 Å². The Kier molecular flexibility index (Phi) is 3.59. The summed E-state index contributed by atoms with van der Waals surface area (Å²) in [6, 6.07) is 12.9. The highest BCUT2D eigenvalue weighted by Crippen LogP contribution is 2.30. The van der Waals surface area contributed by atoms with E-state index in [0.29, 0.717) is 32.7 Å². The van der Waals surface area contributed by atoms with E-state index in [1.54, 1.807) is 19.1 Å². The highest BCUT2D eigenvalue weighted by molar-refractivity contribution is 6.30. The van der Waals surface area contributed by atoms with Crippen LogP contribution in [-0.2, 0) is 0 Å². The second-order valence-corrected chi connectivity index (χ2v) is 5.73. The van der Waals surface area contributed by atoms with Crippen LogP contribution in [0.1, 0.15) is 21.5 Å². The summed E-state index contributed by atoms with van der Waals surface area (Å²) in [7, 11) is 0. The largest absolute Gasteiger partial charge is 0.478 e. The molecule has 0 saturated heterocycles. The van der Waals surface area contributed by atoms with Crippen LogP contribution in [0.5, 0.6) is 0 Å². The van der Waals surface area contributed by atoms with Crippen molar-refractivity contribution in [3.8, 4) is 11.3 Å². The van der Waals surface area contributed by atoms with Gasteiger partial charge in [0.15, 0.2) is 0 Å². The van der Waals surface area contributed by atoms with E-state index in [9.17, 15) is 9.90 Å². The Hall–Kier alpha value is -2.39. The fourth-order valence-corrected chi connectivity index (χ4v) is 2.76. The molecular formula is C18H14ClNO2. The molecule has 1 heterocycles. The van der Waals surface area contributed by atoms with Crippen LogP contribution in [0.2, 0.25) is 5.02 Å². The minimum Gasteiger partial charge on any atom is -0.478 e. The SMILES string of the molecule is Cc1ccc2nc(-c3ccc(Cl)cc3)c(C)c(C(=O)O)c2c1. The van der Waals surface area contributed by atoms with Gasteiger partial charge in [0.25, 0.3) is 0 Å². The lowest BCUT2D eigenvalue weighted by Gasteiger charge is -2.12. The van der Waals surface area contributed by atoms with Crippen molar-refractivity contribution in [1.29, 1.82) is 0 Å². The lowest BCUT2D eigenvalue weighted by molar-refractivity contribution is 0.0698. The predicted molar refractivity (Wildman–Crippen MR) is 88.6 cm³/mol. The van der Waals surface area contributed by atoms with Crippen molar-refractivity contribution in [2.75, 3.05) is 0 Å². The molecule has 0 bridgehead atoms. The molecule has 110 valence electrons. The number of hydrogen-bond donors (Lipinski definition) is 1. The Morgan fingerprint density at radius 3 is 2.41 bits per heavy atom. The third-order valence-electron chi connectivity index (χ3n) is 3.72. The summed E-state index contributed by atoms with van der Waals surface area (Å²) in [4.78, 5) is 16.4. The average molecular weight is 312 g/mol. The molecule has 0 aliphatic carbocycles. The summed E-state index contributed by atoms with van der Waals surface area (Å²) < 4.78 is 0. The summed E-state index contributed by atoms with van der Waals surface area (Å²) in [5.41, 5.74) is 4.18. The zero-order valence-corrected chi connectivity index (χ0v) is 13.0. The molecule has 3 aromatic rings. The van der Waals surface area contributed by atoms with Gasteiger partial charge in [-0.15, -0.1) is 0 Å². The first kappa shape index (κ1) is 14.5. The maximum atomic E-state index is 11.7. The van der Waals surface area contributed by atoms with E-state index in [2.05, 4.69) is 4.98 Å². The van der Waals surface area contributed by atoms with Crippen molar-refractivity contribution < 1.29 is 9.90 Å². The summed E-state index contributed by atoms with van der Waals surface area (Å²) >= 11 is 5.92. The van der Waals surface area contributed by atoms with Gasteiger partial charge in [-0.2, -0.15) is 0 Å². The van der Waals surface area contributed by atoms with E-state index < -0.39 is 5.97 Å².